The van der Waals surface area contributed by atoms with Gasteiger partial charge in [0.25, 0.3) is 0 Å². The maximum Gasteiger partial charge on any atom is 0.209 e. The van der Waals surface area contributed by atoms with E-state index in [-0.39, 0.29) is 6.04 Å². The van der Waals surface area contributed by atoms with Gasteiger partial charge in [0.05, 0.1) is 14.2 Å². The lowest BCUT2D eigenvalue weighted by Crippen LogP contribution is -1.97. The second kappa shape index (κ2) is 7.01. The first-order valence-electron chi connectivity index (χ1n) is 7.46. The van der Waals surface area contributed by atoms with E-state index in [0.717, 1.165) is 22.6 Å². The minimum absolute atomic E-state index is 0.0635. The van der Waals surface area contributed by atoms with E-state index in [2.05, 4.69) is 17.1 Å². The summed E-state index contributed by atoms with van der Waals surface area (Å²) in [5.41, 5.74) is 2.11. The van der Waals surface area contributed by atoms with E-state index in [1.165, 1.54) is 0 Å². The van der Waals surface area contributed by atoms with Gasteiger partial charge in [0.2, 0.25) is 5.90 Å². The van der Waals surface area contributed by atoms with Crippen LogP contribution in [0.1, 0.15) is 17.2 Å². The van der Waals surface area contributed by atoms with Crippen LogP contribution in [0, 0.1) is 0 Å². The third-order valence-corrected chi connectivity index (χ3v) is 3.70. The first-order chi connectivity index (χ1) is 11.3. The molecule has 0 aliphatic carbocycles. The Morgan fingerprint density at radius 2 is 1.87 bits per heavy atom. The predicted octanol–water partition coefficient (Wildman–Crippen LogP) is 3.89. The average Bonchev–Trinajstić information content (AvgIpc) is 3.09. The van der Waals surface area contributed by atoms with Gasteiger partial charge < -0.3 is 14.2 Å². The quantitative estimate of drug-likeness (QED) is 0.841. The largest absolute Gasteiger partial charge is 0.497 e. The molecule has 1 aliphatic heterocycles. The van der Waals surface area contributed by atoms with Crippen molar-refractivity contribution in [2.24, 2.45) is 4.99 Å². The van der Waals surface area contributed by atoms with Crippen LogP contribution in [0.4, 0.5) is 0 Å². The lowest BCUT2D eigenvalue weighted by atomic mass is 10.1. The van der Waals surface area contributed by atoms with E-state index < -0.39 is 0 Å². The summed E-state index contributed by atoms with van der Waals surface area (Å²) in [6, 6.07) is 15.9. The highest BCUT2D eigenvalue weighted by Gasteiger charge is 2.18. The maximum atomic E-state index is 5.66. The van der Waals surface area contributed by atoms with Crippen LogP contribution < -0.4 is 9.47 Å². The van der Waals surface area contributed by atoms with Gasteiger partial charge in [0.1, 0.15) is 24.1 Å². The summed E-state index contributed by atoms with van der Waals surface area (Å²) in [7, 11) is 3.27. The summed E-state index contributed by atoms with van der Waals surface area (Å²) < 4.78 is 16.2. The standard InChI is InChI=1S/C19H19NO3/c1-21-16-10-8-15(18(12-16)22-2)9-11-19-20-17(13-23-19)14-6-4-3-5-7-14/h3-12,17H,13H2,1-2H3/b11-9+/t17-/m1/s1. The van der Waals surface area contributed by atoms with Gasteiger partial charge in [0.15, 0.2) is 0 Å². The van der Waals surface area contributed by atoms with Crippen molar-refractivity contribution >= 4 is 12.0 Å². The first-order valence-corrected chi connectivity index (χ1v) is 7.46. The minimum Gasteiger partial charge on any atom is -0.497 e. The monoisotopic (exact) mass is 309 g/mol. The van der Waals surface area contributed by atoms with Crippen LogP contribution >= 0.6 is 0 Å². The molecule has 0 fully saturated rings. The summed E-state index contributed by atoms with van der Waals surface area (Å²) in [5, 5.41) is 0. The van der Waals surface area contributed by atoms with Gasteiger partial charge in [0, 0.05) is 17.7 Å². The Hall–Kier alpha value is -2.75. The van der Waals surface area contributed by atoms with E-state index in [1.54, 1.807) is 14.2 Å². The molecule has 3 rings (SSSR count). The Bertz CT molecular complexity index is 723. The molecule has 1 aliphatic rings. The SMILES string of the molecule is COc1ccc(/C=C/C2=N[C@@H](c3ccccc3)CO2)c(OC)c1. The summed E-state index contributed by atoms with van der Waals surface area (Å²) in [6.07, 6.45) is 3.80. The zero-order valence-electron chi connectivity index (χ0n) is 13.2. The summed E-state index contributed by atoms with van der Waals surface area (Å²) >= 11 is 0. The molecule has 0 N–H and O–H groups in total. The molecule has 0 radical (unpaired) electrons. The van der Waals surface area contributed by atoms with Crippen LogP contribution in [0.15, 0.2) is 59.6 Å². The van der Waals surface area contributed by atoms with Gasteiger partial charge in [-0.05, 0) is 23.8 Å². The van der Waals surface area contributed by atoms with E-state index >= 15 is 0 Å². The van der Waals surface area contributed by atoms with Gasteiger partial charge in [-0.3, -0.25) is 0 Å². The van der Waals surface area contributed by atoms with Crippen molar-refractivity contribution in [1.29, 1.82) is 0 Å². The zero-order valence-corrected chi connectivity index (χ0v) is 13.2. The minimum atomic E-state index is 0.0635. The maximum absolute atomic E-state index is 5.66. The molecule has 0 saturated heterocycles. The fourth-order valence-electron chi connectivity index (χ4n) is 2.45. The number of nitrogens with zero attached hydrogens (tertiary/aromatic N) is 1. The fourth-order valence-corrected chi connectivity index (χ4v) is 2.45. The van der Waals surface area contributed by atoms with Gasteiger partial charge in [-0.1, -0.05) is 30.3 Å². The van der Waals surface area contributed by atoms with Crippen LogP contribution in [0.5, 0.6) is 11.5 Å². The fraction of sp³-hybridized carbons (Fsp3) is 0.211. The van der Waals surface area contributed by atoms with Crippen molar-refractivity contribution < 1.29 is 14.2 Å². The topological polar surface area (TPSA) is 40.0 Å². The lowest BCUT2D eigenvalue weighted by molar-refractivity contribution is 0.321. The van der Waals surface area contributed by atoms with Crippen LogP contribution in [-0.2, 0) is 4.74 Å². The Labute approximate surface area is 136 Å². The van der Waals surface area contributed by atoms with Gasteiger partial charge in [-0.15, -0.1) is 0 Å². The van der Waals surface area contributed by atoms with Crippen molar-refractivity contribution in [2.45, 2.75) is 6.04 Å². The third-order valence-electron chi connectivity index (χ3n) is 3.70. The van der Waals surface area contributed by atoms with Crippen molar-refractivity contribution in [3.8, 4) is 11.5 Å². The molecule has 0 aromatic heterocycles. The van der Waals surface area contributed by atoms with E-state index in [0.29, 0.717) is 12.5 Å². The molecular formula is C19H19NO3. The zero-order chi connectivity index (χ0) is 16.1. The molecule has 0 unspecified atom stereocenters. The second-order valence-corrected chi connectivity index (χ2v) is 5.15. The molecule has 1 heterocycles. The van der Waals surface area contributed by atoms with E-state index in [1.807, 2.05) is 48.6 Å². The smallest absolute Gasteiger partial charge is 0.209 e. The van der Waals surface area contributed by atoms with Gasteiger partial charge in [-0.25, -0.2) is 4.99 Å². The number of ether oxygens (including phenoxy) is 3. The molecule has 23 heavy (non-hydrogen) atoms. The molecule has 0 bridgehead atoms. The molecule has 0 amide bonds. The van der Waals surface area contributed by atoms with Crippen LogP contribution in [-0.4, -0.2) is 26.7 Å². The van der Waals surface area contributed by atoms with Crippen LogP contribution in [0.2, 0.25) is 0 Å². The Balaban J connectivity index is 1.76. The number of aliphatic imine (C=N–C) groups is 1. The Morgan fingerprint density at radius 3 is 2.61 bits per heavy atom. The molecule has 4 nitrogen and oxygen atoms in total. The predicted molar refractivity (Wildman–Crippen MR) is 91.2 cm³/mol. The number of hydrogen-bond donors (Lipinski definition) is 0. The molecular weight excluding hydrogens is 290 g/mol. The number of methoxy groups -OCH3 is 2. The van der Waals surface area contributed by atoms with E-state index in [4.69, 9.17) is 14.2 Å². The van der Waals surface area contributed by atoms with Crippen molar-refractivity contribution in [3.05, 3.63) is 65.7 Å². The van der Waals surface area contributed by atoms with Gasteiger partial charge in [-0.2, -0.15) is 0 Å². The first kappa shape index (κ1) is 15.2. The Morgan fingerprint density at radius 1 is 1.04 bits per heavy atom. The average molecular weight is 309 g/mol. The molecule has 4 heteroatoms. The summed E-state index contributed by atoms with van der Waals surface area (Å²) in [6.45, 7) is 0.573. The normalized spacial score (nSPS) is 17.0. The second-order valence-electron chi connectivity index (χ2n) is 5.15. The van der Waals surface area contributed by atoms with Crippen molar-refractivity contribution in [2.75, 3.05) is 20.8 Å². The molecule has 2 aromatic carbocycles. The van der Waals surface area contributed by atoms with Crippen LogP contribution in [0.3, 0.4) is 0 Å². The van der Waals surface area contributed by atoms with Crippen molar-refractivity contribution in [1.82, 2.24) is 0 Å². The molecule has 1 atom stereocenters. The number of benzene rings is 2. The molecule has 0 saturated carbocycles. The summed E-state index contributed by atoms with van der Waals surface area (Å²) in [5.74, 6) is 2.15. The summed E-state index contributed by atoms with van der Waals surface area (Å²) in [4.78, 5) is 4.60. The lowest BCUT2D eigenvalue weighted by Gasteiger charge is -2.07. The highest BCUT2D eigenvalue weighted by Crippen LogP contribution is 2.27. The van der Waals surface area contributed by atoms with Crippen LogP contribution in [0.25, 0.3) is 6.08 Å². The van der Waals surface area contributed by atoms with Gasteiger partial charge >= 0.3 is 0 Å². The molecule has 2 aromatic rings. The highest BCUT2D eigenvalue weighted by atomic mass is 16.5. The number of rotatable bonds is 5. The van der Waals surface area contributed by atoms with Crippen molar-refractivity contribution in [3.63, 3.8) is 0 Å². The highest BCUT2D eigenvalue weighted by molar-refractivity contribution is 5.93. The van der Waals surface area contributed by atoms with E-state index in [9.17, 15) is 0 Å². The molecule has 118 valence electrons. The number of hydrogen-bond acceptors (Lipinski definition) is 4. The molecule has 0 spiro atoms. The Kier molecular flexibility index (Phi) is 4.62. The third kappa shape index (κ3) is 3.54.